The van der Waals surface area contributed by atoms with Gasteiger partial charge in [-0.25, -0.2) is 0 Å². The van der Waals surface area contributed by atoms with Gasteiger partial charge in [-0.1, -0.05) is 0 Å². The van der Waals surface area contributed by atoms with Gasteiger partial charge in [-0.05, 0) is 43.6 Å². The third kappa shape index (κ3) is 2.70. The first-order valence-electron chi connectivity index (χ1n) is 5.64. The monoisotopic (exact) mass is 253 g/mol. The highest BCUT2D eigenvalue weighted by Crippen LogP contribution is 2.21. The first kappa shape index (κ1) is 12.2. The van der Waals surface area contributed by atoms with Gasteiger partial charge in [0.05, 0.1) is 11.7 Å². The van der Waals surface area contributed by atoms with Crippen molar-refractivity contribution in [2.45, 2.75) is 32.9 Å². The molecule has 0 aliphatic carbocycles. The summed E-state index contributed by atoms with van der Waals surface area (Å²) in [6.45, 7) is 4.88. The second-order valence-electron chi connectivity index (χ2n) is 4.05. The van der Waals surface area contributed by atoms with Crippen LogP contribution in [0.15, 0.2) is 22.6 Å². The molecule has 2 rings (SSSR count). The Kier molecular flexibility index (Phi) is 3.54. The van der Waals surface area contributed by atoms with Gasteiger partial charge in [0.1, 0.15) is 5.76 Å². The Morgan fingerprint density at radius 3 is 2.88 bits per heavy atom. The topological polar surface area (TPSA) is 57.0 Å². The molecule has 2 aromatic heterocycles. The molecule has 92 valence electrons. The highest BCUT2D eigenvalue weighted by molar-refractivity contribution is 6.28. The fraction of sp³-hybridized carbons (Fsp3) is 0.417. The lowest BCUT2D eigenvalue weighted by Gasteiger charge is -2.09. The first-order valence-corrected chi connectivity index (χ1v) is 6.02. The third-order valence-corrected chi connectivity index (χ3v) is 2.88. The molecule has 2 N–H and O–H groups in total. The molecule has 17 heavy (non-hydrogen) atoms. The quantitative estimate of drug-likeness (QED) is 0.912. The van der Waals surface area contributed by atoms with Crippen molar-refractivity contribution in [1.29, 1.82) is 0 Å². The van der Waals surface area contributed by atoms with Gasteiger partial charge >= 0.3 is 0 Å². The second kappa shape index (κ2) is 4.94. The molecular formula is C12H16ClN3O. The molecular weight excluding hydrogens is 238 g/mol. The molecule has 0 aromatic carbocycles. The van der Waals surface area contributed by atoms with Gasteiger partial charge in [0.15, 0.2) is 5.22 Å². The fourth-order valence-corrected chi connectivity index (χ4v) is 2.04. The lowest BCUT2D eigenvalue weighted by Crippen LogP contribution is -2.15. The van der Waals surface area contributed by atoms with E-state index < -0.39 is 0 Å². The summed E-state index contributed by atoms with van der Waals surface area (Å²) in [5.74, 6) is 0.705. The molecule has 0 bridgehead atoms. The zero-order valence-corrected chi connectivity index (χ0v) is 10.7. The molecule has 0 fully saturated rings. The summed E-state index contributed by atoms with van der Waals surface area (Å²) >= 11 is 5.73. The van der Waals surface area contributed by atoms with Gasteiger partial charge in [0.2, 0.25) is 0 Å². The SMILES string of the molecule is CCn1nc(C)cc1CC(N)c1ccc(Cl)o1. The van der Waals surface area contributed by atoms with Crippen molar-refractivity contribution >= 4 is 11.6 Å². The van der Waals surface area contributed by atoms with Crippen LogP contribution in [0.3, 0.4) is 0 Å². The van der Waals surface area contributed by atoms with E-state index in [-0.39, 0.29) is 6.04 Å². The summed E-state index contributed by atoms with van der Waals surface area (Å²) in [5, 5.41) is 4.76. The molecule has 1 unspecified atom stereocenters. The normalized spacial score (nSPS) is 12.9. The predicted molar refractivity (Wildman–Crippen MR) is 67.0 cm³/mol. The molecule has 0 spiro atoms. The van der Waals surface area contributed by atoms with Crippen molar-refractivity contribution in [2.24, 2.45) is 5.73 Å². The van der Waals surface area contributed by atoms with E-state index in [1.165, 1.54) is 0 Å². The largest absolute Gasteiger partial charge is 0.448 e. The summed E-state index contributed by atoms with van der Waals surface area (Å²) in [6, 6.07) is 5.38. The zero-order chi connectivity index (χ0) is 12.4. The predicted octanol–water partition coefficient (Wildman–Crippen LogP) is 2.70. The highest BCUT2D eigenvalue weighted by Gasteiger charge is 2.14. The summed E-state index contributed by atoms with van der Waals surface area (Å²) < 4.78 is 7.27. The maximum absolute atomic E-state index is 6.08. The lowest BCUT2D eigenvalue weighted by molar-refractivity contribution is 0.458. The number of aryl methyl sites for hydroxylation is 2. The summed E-state index contributed by atoms with van der Waals surface area (Å²) in [7, 11) is 0. The van der Waals surface area contributed by atoms with Crippen LogP contribution in [0, 0.1) is 6.92 Å². The van der Waals surface area contributed by atoms with E-state index in [2.05, 4.69) is 12.0 Å². The summed E-state index contributed by atoms with van der Waals surface area (Å²) in [5.41, 5.74) is 8.20. The second-order valence-corrected chi connectivity index (χ2v) is 4.42. The first-order chi connectivity index (χ1) is 8.10. The van der Waals surface area contributed by atoms with Crippen LogP contribution in [0.5, 0.6) is 0 Å². The van der Waals surface area contributed by atoms with E-state index >= 15 is 0 Å². The Morgan fingerprint density at radius 2 is 2.29 bits per heavy atom. The number of nitrogens with two attached hydrogens (primary N) is 1. The minimum absolute atomic E-state index is 0.191. The smallest absolute Gasteiger partial charge is 0.193 e. The van der Waals surface area contributed by atoms with E-state index in [1.54, 1.807) is 6.07 Å². The molecule has 0 aliphatic heterocycles. The Bertz CT molecular complexity index is 504. The third-order valence-electron chi connectivity index (χ3n) is 2.67. The number of nitrogens with zero attached hydrogens (tertiary/aromatic N) is 2. The van der Waals surface area contributed by atoms with Gasteiger partial charge in [-0.15, -0.1) is 0 Å². The number of hydrogen-bond acceptors (Lipinski definition) is 3. The van der Waals surface area contributed by atoms with Crippen LogP contribution in [-0.2, 0) is 13.0 Å². The van der Waals surface area contributed by atoms with E-state index in [1.807, 2.05) is 23.7 Å². The molecule has 0 saturated carbocycles. The molecule has 2 heterocycles. The number of halogens is 1. The van der Waals surface area contributed by atoms with Gasteiger partial charge in [-0.3, -0.25) is 4.68 Å². The summed E-state index contributed by atoms with van der Waals surface area (Å²) in [4.78, 5) is 0. The Hall–Kier alpha value is -1.26. The van der Waals surface area contributed by atoms with Crippen LogP contribution in [0.25, 0.3) is 0 Å². The van der Waals surface area contributed by atoms with E-state index in [0.717, 1.165) is 17.9 Å². The lowest BCUT2D eigenvalue weighted by atomic mass is 10.1. The molecule has 5 heteroatoms. The molecule has 0 saturated heterocycles. The van der Waals surface area contributed by atoms with Crippen molar-refractivity contribution in [3.8, 4) is 0 Å². The van der Waals surface area contributed by atoms with Gasteiger partial charge in [0.25, 0.3) is 0 Å². The molecule has 1 atom stereocenters. The average Bonchev–Trinajstić information content (AvgIpc) is 2.85. The van der Waals surface area contributed by atoms with E-state index in [9.17, 15) is 0 Å². The summed E-state index contributed by atoms with van der Waals surface area (Å²) in [6.07, 6.45) is 0.693. The Balaban J connectivity index is 2.14. The average molecular weight is 254 g/mol. The van der Waals surface area contributed by atoms with Crippen LogP contribution < -0.4 is 5.73 Å². The highest BCUT2D eigenvalue weighted by atomic mass is 35.5. The number of furan rings is 1. The maximum atomic E-state index is 6.08. The molecule has 0 aliphatic rings. The van der Waals surface area contributed by atoms with Gasteiger partial charge in [0, 0.05) is 18.7 Å². The van der Waals surface area contributed by atoms with Gasteiger partial charge < -0.3 is 10.2 Å². The van der Waals surface area contributed by atoms with Gasteiger partial charge in [-0.2, -0.15) is 5.10 Å². The molecule has 4 nitrogen and oxygen atoms in total. The van der Waals surface area contributed by atoms with Crippen LogP contribution in [-0.4, -0.2) is 9.78 Å². The molecule has 0 radical (unpaired) electrons. The van der Waals surface area contributed by atoms with Crippen molar-refractivity contribution in [2.75, 3.05) is 0 Å². The minimum atomic E-state index is -0.191. The molecule has 0 amide bonds. The Labute approximate surface area is 105 Å². The van der Waals surface area contributed by atoms with Crippen LogP contribution in [0.2, 0.25) is 5.22 Å². The zero-order valence-electron chi connectivity index (χ0n) is 9.98. The number of rotatable bonds is 4. The van der Waals surface area contributed by atoms with Crippen LogP contribution >= 0.6 is 11.6 Å². The number of hydrogen-bond donors (Lipinski definition) is 1. The maximum Gasteiger partial charge on any atom is 0.193 e. The van der Waals surface area contributed by atoms with Crippen LogP contribution in [0.4, 0.5) is 0 Å². The molecule has 2 aromatic rings. The van der Waals surface area contributed by atoms with Crippen LogP contribution in [0.1, 0.15) is 30.1 Å². The fourth-order valence-electron chi connectivity index (χ4n) is 1.89. The van der Waals surface area contributed by atoms with Crippen molar-refractivity contribution in [3.05, 3.63) is 40.6 Å². The van der Waals surface area contributed by atoms with Crippen molar-refractivity contribution < 1.29 is 4.42 Å². The minimum Gasteiger partial charge on any atom is -0.448 e. The number of aromatic nitrogens is 2. The standard InChI is InChI=1S/C12H16ClN3O/c1-3-16-9(6-8(2)15-16)7-10(14)11-4-5-12(13)17-11/h4-6,10H,3,7,14H2,1-2H3. The van der Waals surface area contributed by atoms with E-state index in [4.69, 9.17) is 21.8 Å². The van der Waals surface area contributed by atoms with Crippen molar-refractivity contribution in [3.63, 3.8) is 0 Å². The van der Waals surface area contributed by atoms with Crippen molar-refractivity contribution in [1.82, 2.24) is 9.78 Å². The Morgan fingerprint density at radius 1 is 1.53 bits per heavy atom. The van der Waals surface area contributed by atoms with E-state index in [0.29, 0.717) is 17.4 Å².